The van der Waals surface area contributed by atoms with E-state index in [0.29, 0.717) is 31.0 Å². The summed E-state index contributed by atoms with van der Waals surface area (Å²) < 4.78 is 0. The molecule has 0 aliphatic carbocycles. The quantitative estimate of drug-likeness (QED) is 0.473. The molecule has 33 heavy (non-hydrogen) atoms. The maximum Gasteiger partial charge on any atom is 0.253 e. The molecule has 0 unspecified atom stereocenters. The van der Waals surface area contributed by atoms with E-state index in [9.17, 15) is 9.59 Å². The number of piperazine rings is 1. The lowest BCUT2D eigenvalue weighted by Crippen LogP contribution is -2.48. The smallest absolute Gasteiger partial charge is 0.253 e. The molecule has 2 heterocycles. The van der Waals surface area contributed by atoms with Crippen LogP contribution in [-0.4, -0.2) is 71.4 Å². The van der Waals surface area contributed by atoms with Gasteiger partial charge in [-0.1, -0.05) is 44.7 Å². The molecule has 8 heteroatoms. The van der Waals surface area contributed by atoms with E-state index in [4.69, 9.17) is 9.97 Å². The van der Waals surface area contributed by atoms with Gasteiger partial charge in [-0.2, -0.15) is 0 Å². The Kier molecular flexibility index (Phi) is 8.00. The van der Waals surface area contributed by atoms with E-state index in [0.717, 1.165) is 35.3 Å². The van der Waals surface area contributed by atoms with Crippen LogP contribution in [0.5, 0.6) is 0 Å². The maximum atomic E-state index is 12.5. The van der Waals surface area contributed by atoms with Gasteiger partial charge in [0.1, 0.15) is 5.82 Å². The fraction of sp³-hybridized carbons (Fsp3) is 0.520. The first kappa shape index (κ1) is 25.0. The van der Waals surface area contributed by atoms with Crippen LogP contribution in [0.4, 0.5) is 5.82 Å². The van der Waals surface area contributed by atoms with Gasteiger partial charge in [0.05, 0.1) is 5.69 Å². The Bertz CT molecular complexity index is 997. The van der Waals surface area contributed by atoms with Crippen molar-refractivity contribution in [2.45, 2.75) is 50.9 Å². The number of benzene rings is 1. The predicted octanol–water partition coefficient (Wildman–Crippen LogP) is 3.83. The van der Waals surface area contributed by atoms with Crippen LogP contribution in [0, 0.1) is 0 Å². The lowest BCUT2D eigenvalue weighted by atomic mass is 9.92. The molecule has 0 saturated carbocycles. The number of carbonyl (C=O) groups is 2. The number of nitrogens with zero attached hydrogens (tertiary/aromatic N) is 5. The van der Waals surface area contributed by atoms with Gasteiger partial charge >= 0.3 is 0 Å². The van der Waals surface area contributed by atoms with Gasteiger partial charge in [0.15, 0.2) is 5.16 Å². The van der Waals surface area contributed by atoms with E-state index in [1.165, 1.54) is 0 Å². The summed E-state index contributed by atoms with van der Waals surface area (Å²) in [6.45, 7) is 13.7. The molecule has 178 valence electrons. The van der Waals surface area contributed by atoms with Crippen molar-refractivity contribution in [1.29, 1.82) is 0 Å². The van der Waals surface area contributed by atoms with E-state index in [1.54, 1.807) is 23.6 Å². The standard InChI is InChI=1S/C25H35N5O2S/c1-7-28(6)23(32)20-10-8-9-19(15-20)17-33-24-26-21(25(3,4)5)16-22(27-24)30-13-11-29(12-14-30)18(2)31/h8-10,15-16H,7,11-14,17H2,1-6H3. The van der Waals surface area contributed by atoms with Crippen LogP contribution in [0.25, 0.3) is 0 Å². The Morgan fingerprint density at radius 2 is 1.79 bits per heavy atom. The largest absolute Gasteiger partial charge is 0.353 e. The molecule has 1 aliphatic rings. The third kappa shape index (κ3) is 6.47. The second-order valence-corrected chi connectivity index (χ2v) is 10.4. The summed E-state index contributed by atoms with van der Waals surface area (Å²) in [6.07, 6.45) is 0. The minimum atomic E-state index is -0.106. The highest BCUT2D eigenvalue weighted by Gasteiger charge is 2.24. The second-order valence-electron chi connectivity index (χ2n) is 9.45. The van der Waals surface area contributed by atoms with Gasteiger partial charge in [0, 0.05) is 69.5 Å². The molecular formula is C25H35N5O2S. The summed E-state index contributed by atoms with van der Waals surface area (Å²) in [5.41, 5.74) is 2.66. The molecule has 0 radical (unpaired) electrons. The van der Waals surface area contributed by atoms with Gasteiger partial charge in [-0.05, 0) is 24.6 Å². The normalized spacial score (nSPS) is 14.4. The number of aromatic nitrogens is 2. The Labute approximate surface area is 201 Å². The fourth-order valence-corrected chi connectivity index (χ4v) is 4.38. The molecule has 2 amide bonds. The first-order valence-electron chi connectivity index (χ1n) is 11.5. The lowest BCUT2D eigenvalue weighted by molar-refractivity contribution is -0.129. The average molecular weight is 470 g/mol. The molecule has 0 bridgehead atoms. The summed E-state index contributed by atoms with van der Waals surface area (Å²) in [4.78, 5) is 39.7. The van der Waals surface area contributed by atoms with Crippen LogP contribution in [0.2, 0.25) is 0 Å². The topological polar surface area (TPSA) is 69.6 Å². The molecule has 0 spiro atoms. The van der Waals surface area contributed by atoms with Crippen LogP contribution in [0.3, 0.4) is 0 Å². The molecule has 1 aromatic carbocycles. The number of thioether (sulfide) groups is 1. The van der Waals surface area contributed by atoms with Crippen LogP contribution >= 0.6 is 11.8 Å². The molecule has 7 nitrogen and oxygen atoms in total. The Balaban J connectivity index is 1.78. The molecule has 3 rings (SSSR count). The van der Waals surface area contributed by atoms with Gasteiger partial charge in [-0.3, -0.25) is 9.59 Å². The van der Waals surface area contributed by atoms with Crippen molar-refractivity contribution in [2.24, 2.45) is 0 Å². The molecule has 2 aromatic rings. The number of amides is 2. The molecule has 1 aliphatic heterocycles. The maximum absolute atomic E-state index is 12.5. The van der Waals surface area contributed by atoms with Crippen LogP contribution in [0.1, 0.15) is 56.2 Å². The van der Waals surface area contributed by atoms with E-state index < -0.39 is 0 Å². The van der Waals surface area contributed by atoms with E-state index in [-0.39, 0.29) is 17.2 Å². The van der Waals surface area contributed by atoms with E-state index in [2.05, 4.69) is 31.7 Å². The molecule has 1 fully saturated rings. The number of hydrogen-bond donors (Lipinski definition) is 0. The van der Waals surface area contributed by atoms with E-state index >= 15 is 0 Å². The van der Waals surface area contributed by atoms with Crippen LogP contribution < -0.4 is 4.90 Å². The monoisotopic (exact) mass is 469 g/mol. The van der Waals surface area contributed by atoms with Crippen molar-refractivity contribution in [2.75, 3.05) is 44.7 Å². The molecule has 0 atom stereocenters. The third-order valence-corrected chi connectivity index (χ3v) is 6.79. The van der Waals surface area contributed by atoms with Crippen molar-refractivity contribution >= 4 is 29.4 Å². The zero-order valence-electron chi connectivity index (χ0n) is 20.6. The Morgan fingerprint density at radius 1 is 1.09 bits per heavy atom. The first-order valence-corrected chi connectivity index (χ1v) is 12.4. The summed E-state index contributed by atoms with van der Waals surface area (Å²) in [5, 5.41) is 0.730. The van der Waals surface area contributed by atoms with Crippen LogP contribution in [-0.2, 0) is 16.0 Å². The summed E-state index contributed by atoms with van der Waals surface area (Å²) in [7, 11) is 1.81. The van der Waals surface area contributed by atoms with E-state index in [1.807, 2.05) is 43.1 Å². The van der Waals surface area contributed by atoms with Crippen LogP contribution in [0.15, 0.2) is 35.5 Å². The summed E-state index contributed by atoms with van der Waals surface area (Å²) in [6, 6.07) is 9.85. The minimum Gasteiger partial charge on any atom is -0.353 e. The molecule has 1 aromatic heterocycles. The molecule has 0 N–H and O–H groups in total. The number of hydrogen-bond acceptors (Lipinski definition) is 6. The highest BCUT2D eigenvalue weighted by atomic mass is 32.2. The highest BCUT2D eigenvalue weighted by molar-refractivity contribution is 7.98. The lowest BCUT2D eigenvalue weighted by Gasteiger charge is -2.35. The van der Waals surface area contributed by atoms with Gasteiger partial charge in [-0.25, -0.2) is 9.97 Å². The predicted molar refractivity (Wildman–Crippen MR) is 134 cm³/mol. The third-order valence-electron chi connectivity index (χ3n) is 5.87. The summed E-state index contributed by atoms with van der Waals surface area (Å²) >= 11 is 1.58. The Hall–Kier alpha value is -2.61. The van der Waals surface area contributed by atoms with Gasteiger partial charge < -0.3 is 14.7 Å². The first-order chi connectivity index (χ1) is 15.6. The number of carbonyl (C=O) groups excluding carboxylic acids is 2. The van der Waals surface area contributed by atoms with Gasteiger partial charge in [-0.15, -0.1) is 0 Å². The van der Waals surface area contributed by atoms with Crippen molar-refractivity contribution in [1.82, 2.24) is 19.8 Å². The van der Waals surface area contributed by atoms with Crippen molar-refractivity contribution < 1.29 is 9.59 Å². The van der Waals surface area contributed by atoms with Crippen molar-refractivity contribution in [3.63, 3.8) is 0 Å². The zero-order chi connectivity index (χ0) is 24.2. The second kappa shape index (κ2) is 10.5. The fourth-order valence-electron chi connectivity index (χ4n) is 3.58. The van der Waals surface area contributed by atoms with Gasteiger partial charge in [0.2, 0.25) is 5.91 Å². The minimum absolute atomic E-state index is 0.0299. The number of anilines is 1. The SMILES string of the molecule is CCN(C)C(=O)c1cccc(CSc2nc(N3CCN(C(C)=O)CC3)cc(C(C)(C)C)n2)c1. The molecular weight excluding hydrogens is 434 g/mol. The number of rotatable bonds is 6. The highest BCUT2D eigenvalue weighted by Crippen LogP contribution is 2.29. The molecule has 1 saturated heterocycles. The van der Waals surface area contributed by atoms with Crippen molar-refractivity contribution in [3.05, 3.63) is 47.2 Å². The zero-order valence-corrected chi connectivity index (χ0v) is 21.4. The average Bonchev–Trinajstić information content (AvgIpc) is 2.81. The van der Waals surface area contributed by atoms with Gasteiger partial charge in [0.25, 0.3) is 5.91 Å². The van der Waals surface area contributed by atoms with Crippen molar-refractivity contribution in [3.8, 4) is 0 Å². The Morgan fingerprint density at radius 3 is 2.39 bits per heavy atom. The summed E-state index contributed by atoms with van der Waals surface area (Å²) in [5.74, 6) is 1.74.